The Morgan fingerprint density at radius 2 is 1.95 bits per heavy atom. The van der Waals surface area contributed by atoms with Crippen molar-refractivity contribution in [3.05, 3.63) is 23.4 Å². The summed E-state index contributed by atoms with van der Waals surface area (Å²) in [5.74, 6) is 2.01. The molecule has 0 aliphatic carbocycles. The van der Waals surface area contributed by atoms with Gasteiger partial charge in [0.15, 0.2) is 0 Å². The van der Waals surface area contributed by atoms with Gasteiger partial charge in [-0.05, 0) is 55.3 Å². The summed E-state index contributed by atoms with van der Waals surface area (Å²) in [5.41, 5.74) is 3.00. The third kappa shape index (κ3) is 3.51. The SMILES string of the molecule is CNCc1cnc(N2CCC(C(C)(C)C)CC2)c(C)c1. The van der Waals surface area contributed by atoms with E-state index in [0.29, 0.717) is 5.41 Å². The molecule has 0 unspecified atom stereocenters. The molecule has 1 aromatic rings. The standard InChI is InChI=1S/C17H29N3/c1-13-10-14(11-18-5)12-19-16(13)20-8-6-15(7-9-20)17(2,3)4/h10,12,15,18H,6-9,11H2,1-5H3. The molecule has 2 rings (SSSR count). The van der Waals surface area contributed by atoms with Gasteiger partial charge in [-0.3, -0.25) is 0 Å². The van der Waals surface area contributed by atoms with E-state index in [1.807, 2.05) is 13.2 Å². The molecule has 2 heterocycles. The number of anilines is 1. The molecule has 3 heteroatoms. The van der Waals surface area contributed by atoms with Crippen molar-refractivity contribution in [2.45, 2.75) is 47.1 Å². The number of aryl methyl sites for hydroxylation is 1. The Balaban J connectivity index is 2.03. The van der Waals surface area contributed by atoms with E-state index in [0.717, 1.165) is 25.6 Å². The van der Waals surface area contributed by atoms with E-state index in [1.54, 1.807) is 0 Å². The van der Waals surface area contributed by atoms with Crippen LogP contribution < -0.4 is 10.2 Å². The highest BCUT2D eigenvalue weighted by molar-refractivity contribution is 5.47. The highest BCUT2D eigenvalue weighted by Crippen LogP contribution is 2.35. The molecular weight excluding hydrogens is 246 g/mol. The molecule has 3 nitrogen and oxygen atoms in total. The summed E-state index contributed by atoms with van der Waals surface area (Å²) < 4.78 is 0. The van der Waals surface area contributed by atoms with E-state index in [9.17, 15) is 0 Å². The Morgan fingerprint density at radius 1 is 1.30 bits per heavy atom. The number of pyridine rings is 1. The van der Waals surface area contributed by atoms with Crippen molar-refractivity contribution in [2.75, 3.05) is 25.0 Å². The first-order valence-corrected chi connectivity index (χ1v) is 7.77. The summed E-state index contributed by atoms with van der Waals surface area (Å²) in [6.07, 6.45) is 4.57. The molecule has 1 aromatic heterocycles. The van der Waals surface area contributed by atoms with E-state index < -0.39 is 0 Å². The maximum Gasteiger partial charge on any atom is 0.131 e. The smallest absolute Gasteiger partial charge is 0.131 e. The number of hydrogen-bond acceptors (Lipinski definition) is 3. The first kappa shape index (κ1) is 15.3. The van der Waals surface area contributed by atoms with Crippen LogP contribution in [-0.4, -0.2) is 25.1 Å². The number of aromatic nitrogens is 1. The minimum absolute atomic E-state index is 0.436. The predicted octanol–water partition coefficient (Wildman–Crippen LogP) is 3.37. The lowest BCUT2D eigenvalue weighted by Gasteiger charge is -2.39. The van der Waals surface area contributed by atoms with Crippen LogP contribution in [0.15, 0.2) is 12.3 Å². The molecule has 1 N–H and O–H groups in total. The summed E-state index contributed by atoms with van der Waals surface area (Å²) >= 11 is 0. The molecule has 1 saturated heterocycles. The molecule has 0 spiro atoms. The van der Waals surface area contributed by atoms with Crippen molar-refractivity contribution in [2.24, 2.45) is 11.3 Å². The molecule has 0 atom stereocenters. The molecule has 0 aromatic carbocycles. The molecule has 1 aliphatic heterocycles. The average molecular weight is 275 g/mol. The fraction of sp³-hybridized carbons (Fsp3) is 0.706. The van der Waals surface area contributed by atoms with Gasteiger partial charge in [0.2, 0.25) is 0 Å². The molecule has 0 radical (unpaired) electrons. The molecule has 1 aliphatic rings. The number of piperidine rings is 1. The van der Waals surface area contributed by atoms with Gasteiger partial charge in [-0.1, -0.05) is 20.8 Å². The number of nitrogens with one attached hydrogen (secondary N) is 1. The second kappa shape index (κ2) is 6.13. The van der Waals surface area contributed by atoms with Crippen LogP contribution in [0.5, 0.6) is 0 Å². The van der Waals surface area contributed by atoms with Crippen molar-refractivity contribution in [3.8, 4) is 0 Å². The minimum atomic E-state index is 0.436. The summed E-state index contributed by atoms with van der Waals surface area (Å²) in [6, 6.07) is 2.26. The van der Waals surface area contributed by atoms with E-state index >= 15 is 0 Å². The summed E-state index contributed by atoms with van der Waals surface area (Å²) in [7, 11) is 1.97. The maximum absolute atomic E-state index is 4.69. The Labute approximate surface area is 123 Å². The third-order valence-electron chi connectivity index (χ3n) is 4.51. The molecular formula is C17H29N3. The second-order valence-corrected chi connectivity index (χ2v) is 7.14. The highest BCUT2D eigenvalue weighted by atomic mass is 15.2. The van der Waals surface area contributed by atoms with Crippen molar-refractivity contribution in [1.29, 1.82) is 0 Å². The molecule has 0 bridgehead atoms. The summed E-state index contributed by atoms with van der Waals surface area (Å²) in [5, 5.41) is 3.18. The highest BCUT2D eigenvalue weighted by Gasteiger charge is 2.29. The van der Waals surface area contributed by atoms with Gasteiger partial charge in [0.1, 0.15) is 5.82 Å². The van der Waals surface area contributed by atoms with Crippen LogP contribution in [0.4, 0.5) is 5.82 Å². The normalized spacial score (nSPS) is 17.6. The first-order valence-electron chi connectivity index (χ1n) is 7.77. The Bertz CT molecular complexity index is 440. The molecule has 0 amide bonds. The van der Waals surface area contributed by atoms with Crippen molar-refractivity contribution < 1.29 is 0 Å². The summed E-state index contributed by atoms with van der Waals surface area (Å²) in [4.78, 5) is 7.15. The van der Waals surface area contributed by atoms with Crippen molar-refractivity contribution in [3.63, 3.8) is 0 Å². The zero-order chi connectivity index (χ0) is 14.8. The molecule has 1 fully saturated rings. The van der Waals surface area contributed by atoms with Crippen LogP contribution >= 0.6 is 0 Å². The zero-order valence-electron chi connectivity index (χ0n) is 13.7. The zero-order valence-corrected chi connectivity index (χ0v) is 13.7. The van der Waals surface area contributed by atoms with Crippen LogP contribution in [0, 0.1) is 18.3 Å². The number of rotatable bonds is 3. The quantitative estimate of drug-likeness (QED) is 0.916. The molecule has 112 valence electrons. The Hall–Kier alpha value is -1.09. The van der Waals surface area contributed by atoms with Gasteiger partial charge in [-0.15, -0.1) is 0 Å². The number of hydrogen-bond donors (Lipinski definition) is 1. The average Bonchev–Trinajstić information content (AvgIpc) is 2.38. The monoisotopic (exact) mass is 275 g/mol. The van der Waals surface area contributed by atoms with Crippen molar-refractivity contribution in [1.82, 2.24) is 10.3 Å². The predicted molar refractivity (Wildman–Crippen MR) is 86.1 cm³/mol. The molecule has 20 heavy (non-hydrogen) atoms. The minimum Gasteiger partial charge on any atom is -0.356 e. The van der Waals surface area contributed by atoms with Gasteiger partial charge in [-0.2, -0.15) is 0 Å². The fourth-order valence-corrected chi connectivity index (χ4v) is 3.21. The lowest BCUT2D eigenvalue weighted by Crippen LogP contribution is -2.38. The van der Waals surface area contributed by atoms with Crippen LogP contribution in [0.3, 0.4) is 0 Å². The van der Waals surface area contributed by atoms with Crippen LogP contribution in [0.25, 0.3) is 0 Å². The van der Waals surface area contributed by atoms with E-state index in [2.05, 4.69) is 44.0 Å². The van der Waals surface area contributed by atoms with Crippen LogP contribution in [0.1, 0.15) is 44.7 Å². The lowest BCUT2D eigenvalue weighted by molar-refractivity contribution is 0.198. The lowest BCUT2D eigenvalue weighted by atomic mass is 9.75. The van der Waals surface area contributed by atoms with Crippen LogP contribution in [-0.2, 0) is 6.54 Å². The largest absolute Gasteiger partial charge is 0.356 e. The summed E-state index contributed by atoms with van der Waals surface area (Å²) in [6.45, 7) is 12.4. The van der Waals surface area contributed by atoms with Gasteiger partial charge in [0.25, 0.3) is 0 Å². The number of nitrogens with zero attached hydrogens (tertiary/aromatic N) is 2. The fourth-order valence-electron chi connectivity index (χ4n) is 3.21. The van der Waals surface area contributed by atoms with E-state index in [4.69, 9.17) is 4.98 Å². The Kier molecular flexibility index (Phi) is 4.69. The Morgan fingerprint density at radius 3 is 2.45 bits per heavy atom. The van der Waals surface area contributed by atoms with E-state index in [1.165, 1.54) is 29.8 Å². The van der Waals surface area contributed by atoms with E-state index in [-0.39, 0.29) is 0 Å². The van der Waals surface area contributed by atoms with Gasteiger partial charge < -0.3 is 10.2 Å². The molecule has 0 saturated carbocycles. The first-order chi connectivity index (χ1) is 9.41. The van der Waals surface area contributed by atoms with Gasteiger partial charge in [-0.25, -0.2) is 4.98 Å². The van der Waals surface area contributed by atoms with Gasteiger partial charge >= 0.3 is 0 Å². The topological polar surface area (TPSA) is 28.2 Å². The maximum atomic E-state index is 4.69. The van der Waals surface area contributed by atoms with Crippen molar-refractivity contribution >= 4 is 5.82 Å². The second-order valence-electron chi connectivity index (χ2n) is 7.14. The van der Waals surface area contributed by atoms with Gasteiger partial charge in [0.05, 0.1) is 0 Å². The van der Waals surface area contributed by atoms with Crippen LogP contribution in [0.2, 0.25) is 0 Å². The third-order valence-corrected chi connectivity index (χ3v) is 4.51. The van der Waals surface area contributed by atoms with Gasteiger partial charge in [0, 0.05) is 25.8 Å².